The molecule has 2 atom stereocenters. The standard InChI is InChI=1S/C16H23N3O2/c1-4-15(20)18-13-6-5-7-14(11(13)3)19-16(21)12-9-17-8-10(12)2/h5-7,10,12,17H,4,8-9H2,1-3H3,(H,18,20)(H,19,21). The molecule has 3 N–H and O–H groups in total. The lowest BCUT2D eigenvalue weighted by Gasteiger charge is -2.17. The van der Waals surface area contributed by atoms with E-state index >= 15 is 0 Å². The van der Waals surface area contributed by atoms with Crippen molar-refractivity contribution >= 4 is 23.2 Å². The summed E-state index contributed by atoms with van der Waals surface area (Å²) in [7, 11) is 0. The van der Waals surface area contributed by atoms with Crippen molar-refractivity contribution in [1.82, 2.24) is 5.32 Å². The highest BCUT2D eigenvalue weighted by molar-refractivity contribution is 5.96. The molecule has 5 heteroatoms. The molecule has 1 aliphatic heterocycles. The minimum atomic E-state index is -0.0322. The van der Waals surface area contributed by atoms with Gasteiger partial charge in [0.25, 0.3) is 0 Å². The summed E-state index contributed by atoms with van der Waals surface area (Å²) in [5.74, 6) is 0.344. The van der Waals surface area contributed by atoms with Gasteiger partial charge in [-0.2, -0.15) is 0 Å². The van der Waals surface area contributed by atoms with Crippen LogP contribution < -0.4 is 16.0 Å². The summed E-state index contributed by atoms with van der Waals surface area (Å²) in [5.41, 5.74) is 2.39. The molecule has 1 heterocycles. The fourth-order valence-corrected chi connectivity index (χ4v) is 2.53. The van der Waals surface area contributed by atoms with Gasteiger partial charge in [0.05, 0.1) is 5.92 Å². The first-order valence-electron chi connectivity index (χ1n) is 7.44. The molecule has 1 aromatic rings. The Morgan fingerprint density at radius 1 is 1.24 bits per heavy atom. The third kappa shape index (κ3) is 3.61. The summed E-state index contributed by atoms with van der Waals surface area (Å²) in [6.45, 7) is 7.39. The zero-order valence-corrected chi connectivity index (χ0v) is 12.8. The van der Waals surface area contributed by atoms with Crippen molar-refractivity contribution in [2.75, 3.05) is 23.7 Å². The Hall–Kier alpha value is -1.88. The van der Waals surface area contributed by atoms with Crippen molar-refractivity contribution in [2.45, 2.75) is 27.2 Å². The molecular weight excluding hydrogens is 266 g/mol. The quantitative estimate of drug-likeness (QED) is 0.795. The number of carbonyl (C=O) groups is 2. The second-order valence-corrected chi connectivity index (χ2v) is 5.61. The van der Waals surface area contributed by atoms with E-state index in [1.807, 2.05) is 32.0 Å². The lowest BCUT2D eigenvalue weighted by molar-refractivity contribution is -0.120. The average Bonchev–Trinajstić information content (AvgIpc) is 2.89. The number of carbonyl (C=O) groups excluding carboxylic acids is 2. The highest BCUT2D eigenvalue weighted by atomic mass is 16.2. The van der Waals surface area contributed by atoms with Crippen LogP contribution in [0.3, 0.4) is 0 Å². The fourth-order valence-electron chi connectivity index (χ4n) is 2.53. The molecule has 0 radical (unpaired) electrons. The molecule has 21 heavy (non-hydrogen) atoms. The summed E-state index contributed by atoms with van der Waals surface area (Å²) < 4.78 is 0. The zero-order valence-electron chi connectivity index (χ0n) is 12.8. The second kappa shape index (κ2) is 6.72. The molecule has 0 bridgehead atoms. The minimum Gasteiger partial charge on any atom is -0.326 e. The number of hydrogen-bond acceptors (Lipinski definition) is 3. The van der Waals surface area contributed by atoms with E-state index < -0.39 is 0 Å². The molecule has 114 valence electrons. The van der Waals surface area contributed by atoms with Crippen LogP contribution in [0, 0.1) is 18.8 Å². The largest absolute Gasteiger partial charge is 0.326 e. The molecule has 2 rings (SSSR count). The maximum absolute atomic E-state index is 12.3. The van der Waals surface area contributed by atoms with Gasteiger partial charge in [-0.1, -0.05) is 19.9 Å². The Morgan fingerprint density at radius 3 is 2.48 bits per heavy atom. The first-order valence-corrected chi connectivity index (χ1v) is 7.44. The van der Waals surface area contributed by atoms with E-state index in [4.69, 9.17) is 0 Å². The summed E-state index contributed by atoms with van der Waals surface area (Å²) in [5, 5.41) is 9.06. The summed E-state index contributed by atoms with van der Waals surface area (Å²) in [6.07, 6.45) is 0.432. The second-order valence-electron chi connectivity index (χ2n) is 5.61. The number of amides is 2. The number of rotatable bonds is 4. The Bertz CT molecular complexity index is 542. The highest BCUT2D eigenvalue weighted by Crippen LogP contribution is 2.25. The van der Waals surface area contributed by atoms with Crippen LogP contribution >= 0.6 is 0 Å². The van der Waals surface area contributed by atoms with Gasteiger partial charge in [-0.05, 0) is 37.1 Å². The van der Waals surface area contributed by atoms with Gasteiger partial charge < -0.3 is 16.0 Å². The van der Waals surface area contributed by atoms with E-state index in [-0.39, 0.29) is 17.7 Å². The van der Waals surface area contributed by atoms with E-state index in [1.54, 1.807) is 0 Å². The molecule has 2 unspecified atom stereocenters. The number of benzene rings is 1. The number of nitrogens with one attached hydrogen (secondary N) is 3. The average molecular weight is 289 g/mol. The highest BCUT2D eigenvalue weighted by Gasteiger charge is 2.29. The van der Waals surface area contributed by atoms with Crippen molar-refractivity contribution in [3.05, 3.63) is 23.8 Å². The van der Waals surface area contributed by atoms with Crippen LogP contribution in [0.1, 0.15) is 25.8 Å². The van der Waals surface area contributed by atoms with Crippen LogP contribution in [-0.4, -0.2) is 24.9 Å². The lowest BCUT2D eigenvalue weighted by Crippen LogP contribution is -2.28. The predicted molar refractivity (Wildman–Crippen MR) is 84.3 cm³/mol. The number of hydrogen-bond donors (Lipinski definition) is 3. The molecule has 1 aliphatic rings. The fraction of sp³-hybridized carbons (Fsp3) is 0.500. The third-order valence-corrected chi connectivity index (χ3v) is 4.04. The van der Waals surface area contributed by atoms with Crippen LogP contribution in [0.2, 0.25) is 0 Å². The Morgan fingerprint density at radius 2 is 1.90 bits per heavy atom. The molecule has 1 saturated heterocycles. The maximum Gasteiger partial charge on any atom is 0.229 e. The smallest absolute Gasteiger partial charge is 0.229 e. The predicted octanol–water partition coefficient (Wildman–Crippen LogP) is 2.14. The molecule has 0 aliphatic carbocycles. The van der Waals surface area contributed by atoms with Crippen LogP contribution in [0.25, 0.3) is 0 Å². The van der Waals surface area contributed by atoms with Crippen LogP contribution in [0.5, 0.6) is 0 Å². The zero-order chi connectivity index (χ0) is 15.4. The molecule has 0 aromatic heterocycles. The van der Waals surface area contributed by atoms with Crippen molar-refractivity contribution < 1.29 is 9.59 Å². The first-order chi connectivity index (χ1) is 10.0. The first kappa shape index (κ1) is 15.5. The SMILES string of the molecule is CCC(=O)Nc1cccc(NC(=O)C2CNCC2C)c1C. The molecule has 1 aromatic carbocycles. The summed E-state index contributed by atoms with van der Waals surface area (Å²) >= 11 is 0. The van der Waals surface area contributed by atoms with Crippen LogP contribution in [-0.2, 0) is 9.59 Å². The van der Waals surface area contributed by atoms with Crippen molar-refractivity contribution in [3.63, 3.8) is 0 Å². The molecule has 0 spiro atoms. The number of anilines is 2. The van der Waals surface area contributed by atoms with Gasteiger partial charge >= 0.3 is 0 Å². The normalized spacial score (nSPS) is 21.1. The van der Waals surface area contributed by atoms with Gasteiger partial charge in [0.15, 0.2) is 0 Å². The summed E-state index contributed by atoms with van der Waals surface area (Å²) in [6, 6.07) is 5.55. The van der Waals surface area contributed by atoms with Gasteiger partial charge in [0, 0.05) is 24.3 Å². The molecule has 0 saturated carbocycles. The Balaban J connectivity index is 2.11. The molecular formula is C16H23N3O2. The molecule has 2 amide bonds. The Labute approximate surface area is 125 Å². The van der Waals surface area contributed by atoms with Crippen molar-refractivity contribution in [3.8, 4) is 0 Å². The third-order valence-electron chi connectivity index (χ3n) is 4.04. The monoisotopic (exact) mass is 289 g/mol. The van der Waals surface area contributed by atoms with Gasteiger partial charge in [-0.15, -0.1) is 0 Å². The van der Waals surface area contributed by atoms with Crippen LogP contribution in [0.15, 0.2) is 18.2 Å². The van der Waals surface area contributed by atoms with Crippen molar-refractivity contribution in [2.24, 2.45) is 11.8 Å². The molecule has 5 nitrogen and oxygen atoms in total. The van der Waals surface area contributed by atoms with E-state index in [0.717, 1.165) is 30.0 Å². The maximum atomic E-state index is 12.3. The minimum absolute atomic E-state index is 0.00158. The van der Waals surface area contributed by atoms with Crippen LogP contribution in [0.4, 0.5) is 11.4 Å². The van der Waals surface area contributed by atoms with E-state index in [0.29, 0.717) is 12.3 Å². The van der Waals surface area contributed by atoms with E-state index in [9.17, 15) is 9.59 Å². The van der Waals surface area contributed by atoms with Gasteiger partial charge in [0.2, 0.25) is 11.8 Å². The van der Waals surface area contributed by atoms with Crippen molar-refractivity contribution in [1.29, 1.82) is 0 Å². The van der Waals surface area contributed by atoms with E-state index in [1.165, 1.54) is 0 Å². The van der Waals surface area contributed by atoms with Gasteiger partial charge in [-0.25, -0.2) is 0 Å². The van der Waals surface area contributed by atoms with Gasteiger partial charge in [-0.3, -0.25) is 9.59 Å². The Kier molecular flexibility index (Phi) is 4.96. The van der Waals surface area contributed by atoms with E-state index in [2.05, 4.69) is 22.9 Å². The topological polar surface area (TPSA) is 70.2 Å². The summed E-state index contributed by atoms with van der Waals surface area (Å²) in [4.78, 5) is 23.8. The lowest BCUT2D eigenvalue weighted by atomic mass is 9.97. The molecule has 1 fully saturated rings. The van der Waals surface area contributed by atoms with Gasteiger partial charge in [0.1, 0.15) is 0 Å².